The molecule has 0 aliphatic rings. The summed E-state index contributed by atoms with van der Waals surface area (Å²) >= 11 is 0. The molecule has 0 aromatic rings. The fourth-order valence-corrected chi connectivity index (χ4v) is 0.265. The van der Waals surface area contributed by atoms with Crippen molar-refractivity contribution in [2.24, 2.45) is 5.10 Å². The van der Waals surface area contributed by atoms with Crippen molar-refractivity contribution in [3.05, 3.63) is 0 Å². The summed E-state index contributed by atoms with van der Waals surface area (Å²) in [4.78, 5) is 10.2. The average Bonchev–Trinajstić information content (AvgIpc) is 1.66. The third-order valence-electron chi connectivity index (χ3n) is 0.599. The first-order chi connectivity index (χ1) is 3.77. The van der Waals surface area contributed by atoms with E-state index in [2.05, 4.69) is 10.5 Å². The van der Waals surface area contributed by atoms with Crippen molar-refractivity contribution < 1.29 is 4.79 Å². The number of carbonyl (C=O) groups is 1. The fraction of sp³-hybridized carbons (Fsp3) is 0.600. The maximum atomic E-state index is 10.2. The van der Waals surface area contributed by atoms with Crippen LogP contribution in [-0.2, 0) is 4.79 Å². The van der Waals surface area contributed by atoms with Crippen molar-refractivity contribution in [1.29, 1.82) is 0 Å². The van der Waals surface area contributed by atoms with Gasteiger partial charge >= 0.3 is 0 Å². The van der Waals surface area contributed by atoms with Crippen LogP contribution in [0.4, 0.5) is 0 Å². The molecule has 0 aromatic carbocycles. The Morgan fingerprint density at radius 3 is 2.88 bits per heavy atom. The summed E-state index contributed by atoms with van der Waals surface area (Å²) in [5, 5.41) is 3.62. The molecule has 0 saturated carbocycles. The SMILES string of the molecule is CN/N=C/CC(C)=O. The van der Waals surface area contributed by atoms with E-state index in [9.17, 15) is 4.79 Å². The number of ketones is 1. The van der Waals surface area contributed by atoms with E-state index >= 15 is 0 Å². The smallest absolute Gasteiger partial charge is 0.135 e. The molecule has 0 rings (SSSR count). The highest BCUT2D eigenvalue weighted by molar-refractivity contribution is 5.89. The molecular formula is C5H10N2O. The minimum absolute atomic E-state index is 0.129. The predicted molar refractivity (Wildman–Crippen MR) is 32.8 cm³/mol. The number of nitrogens with one attached hydrogen (secondary N) is 1. The molecular weight excluding hydrogens is 104 g/mol. The summed E-state index contributed by atoms with van der Waals surface area (Å²) in [5.74, 6) is 0.129. The number of hydrogen-bond acceptors (Lipinski definition) is 3. The monoisotopic (exact) mass is 114 g/mol. The van der Waals surface area contributed by atoms with Crippen LogP contribution in [0.3, 0.4) is 0 Å². The maximum Gasteiger partial charge on any atom is 0.135 e. The lowest BCUT2D eigenvalue weighted by Gasteiger charge is -1.83. The number of Topliss-reactive ketones (excluding diaryl/α,β-unsaturated/α-hetero) is 1. The first kappa shape index (κ1) is 7.14. The van der Waals surface area contributed by atoms with Gasteiger partial charge in [0.2, 0.25) is 0 Å². The molecule has 0 amide bonds. The van der Waals surface area contributed by atoms with Gasteiger partial charge < -0.3 is 5.43 Å². The number of nitrogens with zero attached hydrogens (tertiary/aromatic N) is 1. The van der Waals surface area contributed by atoms with Gasteiger partial charge in [0.1, 0.15) is 5.78 Å². The van der Waals surface area contributed by atoms with Gasteiger partial charge in [0.25, 0.3) is 0 Å². The van der Waals surface area contributed by atoms with E-state index in [0.717, 1.165) is 0 Å². The van der Waals surface area contributed by atoms with Crippen LogP contribution in [0.15, 0.2) is 5.10 Å². The van der Waals surface area contributed by atoms with E-state index in [-0.39, 0.29) is 5.78 Å². The van der Waals surface area contributed by atoms with Crippen molar-refractivity contribution in [3.8, 4) is 0 Å². The van der Waals surface area contributed by atoms with Gasteiger partial charge in [-0.2, -0.15) is 5.10 Å². The van der Waals surface area contributed by atoms with Gasteiger partial charge in [-0.05, 0) is 6.92 Å². The normalized spacial score (nSPS) is 9.75. The molecule has 0 aliphatic heterocycles. The van der Waals surface area contributed by atoms with Crippen molar-refractivity contribution in [2.45, 2.75) is 13.3 Å². The molecule has 0 aromatic heterocycles. The molecule has 0 aliphatic carbocycles. The topological polar surface area (TPSA) is 41.5 Å². The Balaban J connectivity index is 3.16. The Bertz CT molecular complexity index is 98.6. The summed E-state index contributed by atoms with van der Waals surface area (Å²) in [5.41, 5.74) is 2.54. The third kappa shape index (κ3) is 5.14. The summed E-state index contributed by atoms with van der Waals surface area (Å²) in [6.45, 7) is 1.53. The summed E-state index contributed by atoms with van der Waals surface area (Å²) in [6.07, 6.45) is 1.96. The van der Waals surface area contributed by atoms with Crippen molar-refractivity contribution in [2.75, 3.05) is 7.05 Å². The average molecular weight is 114 g/mol. The van der Waals surface area contributed by atoms with Gasteiger partial charge in [-0.25, -0.2) is 0 Å². The quantitative estimate of drug-likeness (QED) is 0.419. The first-order valence-electron chi connectivity index (χ1n) is 2.45. The molecule has 0 radical (unpaired) electrons. The molecule has 8 heavy (non-hydrogen) atoms. The van der Waals surface area contributed by atoms with Crippen LogP contribution in [-0.4, -0.2) is 19.0 Å². The summed E-state index contributed by atoms with van der Waals surface area (Å²) < 4.78 is 0. The van der Waals surface area contributed by atoms with E-state index in [1.165, 1.54) is 6.92 Å². The molecule has 0 spiro atoms. The van der Waals surface area contributed by atoms with Crippen LogP contribution in [0, 0.1) is 0 Å². The third-order valence-corrected chi connectivity index (χ3v) is 0.599. The second kappa shape index (κ2) is 4.30. The van der Waals surface area contributed by atoms with Gasteiger partial charge in [0.05, 0.1) is 0 Å². The Kier molecular flexibility index (Phi) is 3.84. The molecule has 46 valence electrons. The lowest BCUT2D eigenvalue weighted by Crippen LogP contribution is -1.96. The standard InChI is InChI=1S/C5H10N2O/c1-5(8)3-4-7-6-2/h4,6H,3H2,1-2H3/b7-4+. The van der Waals surface area contributed by atoms with Crippen molar-refractivity contribution >= 4 is 12.0 Å². The summed E-state index contributed by atoms with van der Waals surface area (Å²) in [6, 6.07) is 0. The molecule has 1 N–H and O–H groups in total. The van der Waals surface area contributed by atoms with Crippen molar-refractivity contribution in [3.63, 3.8) is 0 Å². The molecule has 3 heteroatoms. The van der Waals surface area contributed by atoms with Crippen LogP contribution in [0.5, 0.6) is 0 Å². The minimum atomic E-state index is 0.129. The minimum Gasteiger partial charge on any atom is -0.313 e. The lowest BCUT2D eigenvalue weighted by molar-refractivity contribution is -0.115. The highest BCUT2D eigenvalue weighted by atomic mass is 16.1. The van der Waals surface area contributed by atoms with Gasteiger partial charge in [-0.15, -0.1) is 0 Å². The zero-order chi connectivity index (χ0) is 6.41. The van der Waals surface area contributed by atoms with Gasteiger partial charge in [0.15, 0.2) is 0 Å². The van der Waals surface area contributed by atoms with Crippen LogP contribution >= 0.6 is 0 Å². The molecule has 0 saturated heterocycles. The zero-order valence-corrected chi connectivity index (χ0v) is 5.14. The van der Waals surface area contributed by atoms with E-state index in [1.807, 2.05) is 0 Å². The second-order valence-electron chi connectivity index (χ2n) is 1.44. The predicted octanol–water partition coefficient (Wildman–Crippen LogP) is 0.171. The Morgan fingerprint density at radius 1 is 1.88 bits per heavy atom. The Morgan fingerprint density at radius 2 is 2.50 bits per heavy atom. The number of carbonyl (C=O) groups excluding carboxylic acids is 1. The zero-order valence-electron chi connectivity index (χ0n) is 5.14. The van der Waals surface area contributed by atoms with E-state index in [0.29, 0.717) is 6.42 Å². The highest BCUT2D eigenvalue weighted by Gasteiger charge is 1.83. The largest absolute Gasteiger partial charge is 0.313 e. The number of rotatable bonds is 3. The van der Waals surface area contributed by atoms with Gasteiger partial charge in [-0.1, -0.05) is 0 Å². The fourth-order valence-electron chi connectivity index (χ4n) is 0.265. The molecule has 0 unspecified atom stereocenters. The second-order valence-corrected chi connectivity index (χ2v) is 1.44. The van der Waals surface area contributed by atoms with Crippen LogP contribution in [0.2, 0.25) is 0 Å². The maximum absolute atomic E-state index is 10.2. The lowest BCUT2D eigenvalue weighted by atomic mass is 10.3. The van der Waals surface area contributed by atoms with Crippen LogP contribution in [0.1, 0.15) is 13.3 Å². The van der Waals surface area contributed by atoms with Gasteiger partial charge in [0, 0.05) is 19.7 Å². The highest BCUT2D eigenvalue weighted by Crippen LogP contribution is 1.72. The molecule has 0 fully saturated rings. The van der Waals surface area contributed by atoms with E-state index in [4.69, 9.17) is 0 Å². The Labute approximate surface area is 48.8 Å². The van der Waals surface area contributed by atoms with E-state index < -0.39 is 0 Å². The Hall–Kier alpha value is -0.860. The van der Waals surface area contributed by atoms with Crippen molar-refractivity contribution in [1.82, 2.24) is 5.43 Å². The van der Waals surface area contributed by atoms with Gasteiger partial charge in [-0.3, -0.25) is 4.79 Å². The molecule has 0 heterocycles. The van der Waals surface area contributed by atoms with Crippen LogP contribution in [0.25, 0.3) is 0 Å². The molecule has 3 nitrogen and oxygen atoms in total. The molecule has 0 atom stereocenters. The first-order valence-corrected chi connectivity index (χ1v) is 2.45. The van der Waals surface area contributed by atoms with E-state index in [1.54, 1.807) is 13.3 Å². The van der Waals surface area contributed by atoms with Crippen LogP contribution < -0.4 is 5.43 Å². The number of hydrazone groups is 1. The number of hydrogen-bond donors (Lipinski definition) is 1. The summed E-state index contributed by atoms with van der Waals surface area (Å²) in [7, 11) is 1.69. The molecule has 0 bridgehead atoms.